The molecular formula is C13H18ClN5. The van der Waals surface area contributed by atoms with E-state index in [1.54, 1.807) is 6.33 Å². The number of anilines is 1. The SMILES string of the molecule is CC1CCCCC1Nc1nc(Cl)nc2ncn(C)c12. The van der Waals surface area contributed by atoms with Crippen LogP contribution >= 0.6 is 11.6 Å². The molecule has 2 unspecified atom stereocenters. The lowest BCUT2D eigenvalue weighted by Gasteiger charge is -2.30. The van der Waals surface area contributed by atoms with E-state index in [1.165, 1.54) is 25.7 Å². The maximum absolute atomic E-state index is 5.98. The summed E-state index contributed by atoms with van der Waals surface area (Å²) in [5.41, 5.74) is 1.57. The minimum atomic E-state index is 0.247. The van der Waals surface area contributed by atoms with E-state index in [0.717, 1.165) is 11.3 Å². The van der Waals surface area contributed by atoms with E-state index in [0.29, 0.717) is 17.6 Å². The van der Waals surface area contributed by atoms with Crippen LogP contribution in [0.3, 0.4) is 0 Å². The average molecular weight is 280 g/mol. The normalized spacial score (nSPS) is 23.7. The molecular weight excluding hydrogens is 262 g/mol. The second-order valence-corrected chi connectivity index (χ2v) is 5.72. The summed E-state index contributed by atoms with van der Waals surface area (Å²) < 4.78 is 1.93. The molecule has 0 aliphatic heterocycles. The second kappa shape index (κ2) is 4.96. The van der Waals surface area contributed by atoms with Gasteiger partial charge in [0.1, 0.15) is 5.52 Å². The molecule has 0 aromatic carbocycles. The first-order valence-electron chi connectivity index (χ1n) is 6.76. The van der Waals surface area contributed by atoms with E-state index >= 15 is 0 Å². The minimum absolute atomic E-state index is 0.247. The monoisotopic (exact) mass is 279 g/mol. The Hall–Kier alpha value is -1.36. The zero-order chi connectivity index (χ0) is 13.4. The fraction of sp³-hybridized carbons (Fsp3) is 0.615. The van der Waals surface area contributed by atoms with Crippen LogP contribution in [0.5, 0.6) is 0 Å². The maximum atomic E-state index is 5.98. The third-order valence-electron chi connectivity index (χ3n) is 3.98. The van der Waals surface area contributed by atoms with Crippen LogP contribution in [0, 0.1) is 5.92 Å². The zero-order valence-electron chi connectivity index (χ0n) is 11.2. The lowest BCUT2D eigenvalue weighted by atomic mass is 9.86. The highest BCUT2D eigenvalue weighted by molar-refractivity contribution is 6.28. The van der Waals surface area contributed by atoms with Gasteiger partial charge in [-0.1, -0.05) is 19.8 Å². The van der Waals surface area contributed by atoms with Gasteiger partial charge in [0, 0.05) is 13.1 Å². The van der Waals surface area contributed by atoms with E-state index in [4.69, 9.17) is 11.6 Å². The predicted octanol–water partition coefficient (Wildman–Crippen LogP) is 3.01. The van der Waals surface area contributed by atoms with Crippen molar-refractivity contribution in [3.8, 4) is 0 Å². The Labute approximate surface area is 117 Å². The number of imidazole rings is 1. The number of hydrogen-bond donors (Lipinski definition) is 1. The van der Waals surface area contributed by atoms with Crippen LogP contribution < -0.4 is 5.32 Å². The molecule has 6 heteroatoms. The second-order valence-electron chi connectivity index (χ2n) is 5.38. The number of rotatable bonds is 2. The van der Waals surface area contributed by atoms with Gasteiger partial charge in [0.25, 0.3) is 0 Å². The van der Waals surface area contributed by atoms with Crippen LogP contribution in [-0.2, 0) is 7.05 Å². The van der Waals surface area contributed by atoms with E-state index in [2.05, 4.69) is 27.2 Å². The Bertz CT molecular complexity index is 594. The third kappa shape index (κ3) is 2.39. The number of hydrogen-bond acceptors (Lipinski definition) is 4. The molecule has 0 radical (unpaired) electrons. The molecule has 2 aromatic heterocycles. The van der Waals surface area contributed by atoms with Gasteiger partial charge in [0.05, 0.1) is 6.33 Å². The zero-order valence-corrected chi connectivity index (χ0v) is 12.0. The fourth-order valence-corrected chi connectivity index (χ4v) is 3.00. The van der Waals surface area contributed by atoms with Crippen molar-refractivity contribution in [3.05, 3.63) is 11.6 Å². The molecule has 102 valence electrons. The molecule has 19 heavy (non-hydrogen) atoms. The summed E-state index contributed by atoms with van der Waals surface area (Å²) in [5, 5.41) is 3.79. The molecule has 2 atom stereocenters. The largest absolute Gasteiger partial charge is 0.365 e. The van der Waals surface area contributed by atoms with Crippen molar-refractivity contribution in [1.29, 1.82) is 0 Å². The van der Waals surface area contributed by atoms with Crippen LogP contribution in [0.2, 0.25) is 5.28 Å². The molecule has 0 spiro atoms. The Morgan fingerprint density at radius 1 is 1.32 bits per heavy atom. The number of aromatic nitrogens is 4. The molecule has 0 amide bonds. The topological polar surface area (TPSA) is 55.6 Å². The molecule has 2 heterocycles. The first-order valence-corrected chi connectivity index (χ1v) is 7.14. The summed E-state index contributed by atoms with van der Waals surface area (Å²) in [5.74, 6) is 1.46. The molecule has 1 aliphatic rings. The van der Waals surface area contributed by atoms with Gasteiger partial charge in [-0.25, -0.2) is 4.98 Å². The Morgan fingerprint density at radius 3 is 2.89 bits per heavy atom. The molecule has 0 bridgehead atoms. The predicted molar refractivity (Wildman–Crippen MR) is 76.4 cm³/mol. The molecule has 5 nitrogen and oxygen atoms in total. The summed E-state index contributed by atoms with van der Waals surface area (Å²) in [6, 6.07) is 0.456. The van der Waals surface area contributed by atoms with Gasteiger partial charge >= 0.3 is 0 Å². The highest BCUT2D eigenvalue weighted by atomic mass is 35.5. The quantitative estimate of drug-likeness (QED) is 0.859. The van der Waals surface area contributed by atoms with E-state index in [1.807, 2.05) is 11.6 Å². The third-order valence-corrected chi connectivity index (χ3v) is 4.15. The highest BCUT2D eigenvalue weighted by Gasteiger charge is 2.23. The van der Waals surface area contributed by atoms with Crippen LogP contribution in [-0.4, -0.2) is 25.6 Å². The number of nitrogens with zero attached hydrogens (tertiary/aromatic N) is 4. The number of aryl methyl sites for hydroxylation is 1. The molecule has 1 fully saturated rings. The van der Waals surface area contributed by atoms with Gasteiger partial charge in [-0.05, 0) is 30.4 Å². The van der Waals surface area contributed by atoms with Crippen molar-refractivity contribution in [3.63, 3.8) is 0 Å². The van der Waals surface area contributed by atoms with E-state index in [-0.39, 0.29) is 5.28 Å². The van der Waals surface area contributed by atoms with E-state index in [9.17, 15) is 0 Å². The van der Waals surface area contributed by atoms with Crippen LogP contribution in [0.4, 0.5) is 5.82 Å². The summed E-state index contributed by atoms with van der Waals surface area (Å²) in [4.78, 5) is 12.7. The molecule has 1 saturated carbocycles. The first-order chi connectivity index (χ1) is 9.15. The Kier molecular flexibility index (Phi) is 3.31. The van der Waals surface area contributed by atoms with E-state index < -0.39 is 0 Å². The summed E-state index contributed by atoms with van der Waals surface area (Å²) in [7, 11) is 1.95. The average Bonchev–Trinajstić information content (AvgIpc) is 2.74. The van der Waals surface area contributed by atoms with Gasteiger partial charge < -0.3 is 9.88 Å². The van der Waals surface area contributed by atoms with Crippen molar-refractivity contribution in [2.24, 2.45) is 13.0 Å². The molecule has 1 aliphatic carbocycles. The van der Waals surface area contributed by atoms with Crippen molar-refractivity contribution in [2.75, 3.05) is 5.32 Å². The van der Waals surface area contributed by atoms with Crippen LogP contribution in [0.1, 0.15) is 32.6 Å². The summed E-state index contributed by atoms with van der Waals surface area (Å²) in [6.07, 6.45) is 6.79. The smallest absolute Gasteiger partial charge is 0.226 e. The van der Waals surface area contributed by atoms with Crippen LogP contribution in [0.15, 0.2) is 6.33 Å². The van der Waals surface area contributed by atoms with Gasteiger partial charge in [-0.3, -0.25) is 0 Å². The molecule has 2 aromatic rings. The van der Waals surface area contributed by atoms with Crippen LogP contribution in [0.25, 0.3) is 11.2 Å². The van der Waals surface area contributed by atoms with Crippen molar-refractivity contribution in [2.45, 2.75) is 38.6 Å². The van der Waals surface area contributed by atoms with Crippen molar-refractivity contribution in [1.82, 2.24) is 19.5 Å². The first kappa shape index (κ1) is 12.7. The number of halogens is 1. The van der Waals surface area contributed by atoms with Gasteiger partial charge in [0.15, 0.2) is 11.5 Å². The van der Waals surface area contributed by atoms with Crippen molar-refractivity contribution < 1.29 is 0 Å². The van der Waals surface area contributed by atoms with Gasteiger partial charge in [-0.15, -0.1) is 0 Å². The Balaban J connectivity index is 1.97. The Morgan fingerprint density at radius 2 is 2.11 bits per heavy atom. The lowest BCUT2D eigenvalue weighted by molar-refractivity contribution is 0.349. The van der Waals surface area contributed by atoms with Gasteiger partial charge in [0.2, 0.25) is 5.28 Å². The number of nitrogens with one attached hydrogen (secondary N) is 1. The molecule has 0 saturated heterocycles. The highest BCUT2D eigenvalue weighted by Crippen LogP contribution is 2.29. The summed E-state index contributed by atoms with van der Waals surface area (Å²) in [6.45, 7) is 2.29. The number of fused-ring (bicyclic) bond motifs is 1. The minimum Gasteiger partial charge on any atom is -0.365 e. The van der Waals surface area contributed by atoms with Gasteiger partial charge in [-0.2, -0.15) is 9.97 Å². The summed E-state index contributed by atoms with van der Waals surface area (Å²) >= 11 is 5.98. The standard InChI is InChI=1S/C13H18ClN5/c1-8-5-3-4-6-9(8)16-12-10-11(15-7-19(10)2)17-13(14)18-12/h7-9H,3-6H2,1-2H3,(H,16,17,18). The fourth-order valence-electron chi connectivity index (χ4n) is 2.84. The maximum Gasteiger partial charge on any atom is 0.226 e. The molecule has 3 rings (SSSR count). The van der Waals surface area contributed by atoms with Crippen molar-refractivity contribution >= 4 is 28.6 Å². The lowest BCUT2D eigenvalue weighted by Crippen LogP contribution is -2.31. The molecule has 1 N–H and O–H groups in total.